The molecule has 3 rings (SSSR count). The Morgan fingerprint density at radius 1 is 1.17 bits per heavy atom. The van der Waals surface area contributed by atoms with Crippen LogP contribution in [0.1, 0.15) is 5.69 Å². The van der Waals surface area contributed by atoms with Gasteiger partial charge in [0.2, 0.25) is 5.16 Å². The molecule has 0 aliphatic heterocycles. The molecule has 6 heteroatoms. The van der Waals surface area contributed by atoms with Crippen molar-refractivity contribution in [3.05, 3.63) is 42.2 Å². The van der Waals surface area contributed by atoms with Gasteiger partial charge in [0.1, 0.15) is 5.03 Å². The van der Waals surface area contributed by atoms with Crippen LogP contribution in [0.2, 0.25) is 0 Å². The second kappa shape index (κ2) is 4.30. The highest BCUT2D eigenvalue weighted by Crippen LogP contribution is 2.25. The zero-order chi connectivity index (χ0) is 12.5. The lowest BCUT2D eigenvalue weighted by molar-refractivity contribution is 0.915. The third-order valence-corrected chi connectivity index (χ3v) is 3.48. The summed E-state index contributed by atoms with van der Waals surface area (Å²) >= 11 is 1.47. The Bertz CT molecular complexity index is 707. The van der Waals surface area contributed by atoms with Gasteiger partial charge in [0, 0.05) is 6.20 Å². The van der Waals surface area contributed by atoms with Crippen LogP contribution < -0.4 is 5.73 Å². The van der Waals surface area contributed by atoms with E-state index >= 15 is 0 Å². The average molecular weight is 257 g/mol. The number of hydrogen-bond donors (Lipinski definition) is 1. The first-order valence-electron chi connectivity index (χ1n) is 5.45. The Morgan fingerprint density at radius 3 is 2.89 bits per heavy atom. The molecule has 0 aromatic carbocycles. The molecule has 0 bridgehead atoms. The number of hydrogen-bond acceptors (Lipinski definition) is 5. The largest absolute Gasteiger partial charge is 0.397 e. The number of rotatable bonds is 2. The monoisotopic (exact) mass is 257 g/mol. The Kier molecular flexibility index (Phi) is 2.64. The summed E-state index contributed by atoms with van der Waals surface area (Å²) in [5.74, 6) is 0. The molecule has 0 saturated carbocycles. The zero-order valence-electron chi connectivity index (χ0n) is 9.74. The molecular weight excluding hydrogens is 246 g/mol. The third kappa shape index (κ3) is 1.91. The van der Waals surface area contributed by atoms with Crippen molar-refractivity contribution in [3.63, 3.8) is 0 Å². The zero-order valence-corrected chi connectivity index (χ0v) is 10.6. The van der Waals surface area contributed by atoms with Crippen molar-refractivity contribution >= 4 is 23.1 Å². The summed E-state index contributed by atoms with van der Waals surface area (Å²) in [6, 6.07) is 9.54. The third-order valence-electron chi connectivity index (χ3n) is 2.58. The summed E-state index contributed by atoms with van der Waals surface area (Å²) in [4.78, 5) is 4.41. The van der Waals surface area contributed by atoms with E-state index in [1.54, 1.807) is 0 Å². The summed E-state index contributed by atoms with van der Waals surface area (Å²) in [5, 5.41) is 9.90. The second-order valence-electron chi connectivity index (χ2n) is 3.84. The summed E-state index contributed by atoms with van der Waals surface area (Å²) in [7, 11) is 0. The molecule has 3 aromatic heterocycles. The van der Waals surface area contributed by atoms with Gasteiger partial charge < -0.3 is 5.73 Å². The van der Waals surface area contributed by atoms with E-state index in [9.17, 15) is 0 Å². The van der Waals surface area contributed by atoms with E-state index in [1.807, 2.05) is 47.9 Å². The molecule has 90 valence electrons. The molecule has 0 unspecified atom stereocenters. The first kappa shape index (κ1) is 11.0. The Labute approximate surface area is 108 Å². The molecule has 0 amide bonds. The average Bonchev–Trinajstić information content (AvgIpc) is 2.78. The van der Waals surface area contributed by atoms with Crippen LogP contribution in [0.25, 0.3) is 5.65 Å². The maximum Gasteiger partial charge on any atom is 0.201 e. The highest BCUT2D eigenvalue weighted by atomic mass is 32.2. The fourth-order valence-electron chi connectivity index (χ4n) is 1.59. The predicted molar refractivity (Wildman–Crippen MR) is 70.5 cm³/mol. The minimum absolute atomic E-state index is 0.699. The highest BCUT2D eigenvalue weighted by Gasteiger charge is 2.08. The van der Waals surface area contributed by atoms with Gasteiger partial charge in [0.05, 0.1) is 11.4 Å². The topological polar surface area (TPSA) is 69.1 Å². The summed E-state index contributed by atoms with van der Waals surface area (Å²) in [6.07, 6.45) is 1.93. The quantitative estimate of drug-likeness (QED) is 0.762. The van der Waals surface area contributed by atoms with E-state index < -0.39 is 0 Å². The van der Waals surface area contributed by atoms with Crippen LogP contribution in [0.4, 0.5) is 5.69 Å². The molecule has 0 aliphatic rings. The Morgan fingerprint density at radius 2 is 2.06 bits per heavy atom. The Balaban J connectivity index is 1.98. The van der Waals surface area contributed by atoms with Gasteiger partial charge >= 0.3 is 0 Å². The van der Waals surface area contributed by atoms with Crippen molar-refractivity contribution in [2.24, 2.45) is 0 Å². The summed E-state index contributed by atoms with van der Waals surface area (Å²) in [5.41, 5.74) is 8.10. The lowest BCUT2D eigenvalue weighted by atomic mass is 10.3. The van der Waals surface area contributed by atoms with Gasteiger partial charge in [-0.3, -0.25) is 4.40 Å². The van der Waals surface area contributed by atoms with E-state index in [0.29, 0.717) is 5.69 Å². The number of pyridine rings is 2. The van der Waals surface area contributed by atoms with Crippen LogP contribution >= 0.6 is 11.8 Å². The van der Waals surface area contributed by atoms with Crippen molar-refractivity contribution < 1.29 is 0 Å². The summed E-state index contributed by atoms with van der Waals surface area (Å²) < 4.78 is 1.93. The number of anilines is 1. The summed E-state index contributed by atoms with van der Waals surface area (Å²) in [6.45, 7) is 1.89. The van der Waals surface area contributed by atoms with Crippen LogP contribution in [-0.4, -0.2) is 19.6 Å². The molecule has 0 saturated heterocycles. The fraction of sp³-hybridized carbons (Fsp3) is 0.0833. The van der Waals surface area contributed by atoms with E-state index in [2.05, 4.69) is 15.2 Å². The van der Waals surface area contributed by atoms with Gasteiger partial charge in [0.25, 0.3) is 0 Å². The normalized spacial score (nSPS) is 10.9. The molecule has 0 spiro atoms. The SMILES string of the molecule is Cc1nc(Sc2nnc3ccccn23)ccc1N. The van der Waals surface area contributed by atoms with Crippen LogP contribution in [-0.2, 0) is 0 Å². The molecule has 2 N–H and O–H groups in total. The molecule has 0 atom stereocenters. The van der Waals surface area contributed by atoms with Gasteiger partial charge in [-0.2, -0.15) is 0 Å². The predicted octanol–water partition coefficient (Wildman–Crippen LogP) is 2.17. The van der Waals surface area contributed by atoms with E-state index in [4.69, 9.17) is 5.73 Å². The first-order chi connectivity index (χ1) is 8.74. The minimum atomic E-state index is 0.699. The Hall–Kier alpha value is -2.08. The molecule has 18 heavy (non-hydrogen) atoms. The fourth-order valence-corrected chi connectivity index (χ4v) is 2.43. The molecule has 0 radical (unpaired) electrons. The van der Waals surface area contributed by atoms with Crippen molar-refractivity contribution in [1.29, 1.82) is 0 Å². The van der Waals surface area contributed by atoms with Crippen molar-refractivity contribution in [1.82, 2.24) is 19.6 Å². The van der Waals surface area contributed by atoms with Crippen LogP contribution in [0.15, 0.2) is 46.7 Å². The molecule has 0 fully saturated rings. The minimum Gasteiger partial charge on any atom is -0.397 e. The van der Waals surface area contributed by atoms with Crippen LogP contribution in [0.5, 0.6) is 0 Å². The van der Waals surface area contributed by atoms with Crippen molar-refractivity contribution in [2.45, 2.75) is 17.1 Å². The maximum absolute atomic E-state index is 5.75. The van der Waals surface area contributed by atoms with E-state index in [-0.39, 0.29) is 0 Å². The molecule has 5 nitrogen and oxygen atoms in total. The first-order valence-corrected chi connectivity index (χ1v) is 6.26. The lowest BCUT2D eigenvalue weighted by Gasteiger charge is -2.02. The molecule has 3 aromatic rings. The maximum atomic E-state index is 5.75. The molecule has 3 heterocycles. The number of fused-ring (bicyclic) bond motifs is 1. The van der Waals surface area contributed by atoms with Gasteiger partial charge in [0.15, 0.2) is 5.65 Å². The second-order valence-corrected chi connectivity index (χ2v) is 4.83. The number of nitrogens with two attached hydrogens (primary N) is 1. The lowest BCUT2D eigenvalue weighted by Crippen LogP contribution is -1.94. The highest BCUT2D eigenvalue weighted by molar-refractivity contribution is 7.99. The van der Waals surface area contributed by atoms with Gasteiger partial charge in [-0.05, 0) is 43.0 Å². The van der Waals surface area contributed by atoms with Crippen molar-refractivity contribution in [3.8, 4) is 0 Å². The van der Waals surface area contributed by atoms with E-state index in [0.717, 1.165) is 21.5 Å². The number of nitrogen functional groups attached to an aromatic ring is 1. The van der Waals surface area contributed by atoms with Gasteiger partial charge in [-0.1, -0.05) is 6.07 Å². The van der Waals surface area contributed by atoms with Gasteiger partial charge in [-0.15, -0.1) is 10.2 Å². The molecule has 0 aliphatic carbocycles. The smallest absolute Gasteiger partial charge is 0.201 e. The number of aryl methyl sites for hydroxylation is 1. The van der Waals surface area contributed by atoms with E-state index in [1.165, 1.54) is 11.8 Å². The van der Waals surface area contributed by atoms with Gasteiger partial charge in [-0.25, -0.2) is 4.98 Å². The standard InChI is InChI=1S/C12H11N5S/c1-8-9(13)5-6-11(14-8)18-12-16-15-10-4-2-3-7-17(10)12/h2-7H,13H2,1H3. The molecular formula is C12H11N5S. The van der Waals surface area contributed by atoms with Crippen LogP contribution in [0, 0.1) is 6.92 Å². The number of aromatic nitrogens is 4. The van der Waals surface area contributed by atoms with Crippen LogP contribution in [0.3, 0.4) is 0 Å². The number of nitrogens with zero attached hydrogens (tertiary/aromatic N) is 4. The van der Waals surface area contributed by atoms with Crippen molar-refractivity contribution in [2.75, 3.05) is 5.73 Å².